The van der Waals surface area contributed by atoms with Gasteiger partial charge in [0.2, 0.25) is 0 Å². The second-order valence-electron chi connectivity index (χ2n) is 4.24. The van der Waals surface area contributed by atoms with Gasteiger partial charge in [-0.25, -0.2) is 13.2 Å². The van der Waals surface area contributed by atoms with E-state index in [0.29, 0.717) is 12.1 Å². The van der Waals surface area contributed by atoms with Crippen LogP contribution in [0.25, 0.3) is 11.1 Å². The minimum Gasteiger partial charge on any atom is -0.422 e. The van der Waals surface area contributed by atoms with Gasteiger partial charge in [0.1, 0.15) is 5.82 Å². The number of hydrogen-bond donors (Lipinski definition) is 0. The molecular weight excluding hydrogens is 317 g/mol. The van der Waals surface area contributed by atoms with Gasteiger partial charge in [-0.1, -0.05) is 12.1 Å². The predicted octanol–water partition coefficient (Wildman–Crippen LogP) is 5.01. The predicted molar refractivity (Wildman–Crippen MR) is 63.3 cm³/mol. The molecule has 0 unspecified atom stereocenters. The first-order valence-corrected chi connectivity index (χ1v) is 5.80. The maximum atomic E-state index is 13.7. The third kappa shape index (κ3) is 3.32. The van der Waals surface area contributed by atoms with Crippen molar-refractivity contribution < 1.29 is 35.5 Å². The molecule has 2 aromatic rings. The number of halogens is 7. The fourth-order valence-electron chi connectivity index (χ4n) is 1.65. The average molecular weight is 324 g/mol. The first-order valence-electron chi connectivity index (χ1n) is 5.80. The second kappa shape index (κ2) is 5.86. The maximum Gasteiger partial charge on any atom is 0.461 e. The monoisotopic (exact) mass is 324 g/mol. The standard InChI is InChI=1S/C14H7F7O/c15-9-3-1-7(2-4-9)8-5-10(16)12(11(17)6-8)22-14(20,21)13(18)19/h1-6,13H. The zero-order chi connectivity index (χ0) is 16.5. The first-order chi connectivity index (χ1) is 10.2. The molecule has 2 aromatic carbocycles. The zero-order valence-electron chi connectivity index (χ0n) is 10.6. The molecular formula is C14H7F7O. The summed E-state index contributed by atoms with van der Waals surface area (Å²) in [6.45, 7) is 0. The van der Waals surface area contributed by atoms with Gasteiger partial charge in [0.05, 0.1) is 0 Å². The molecule has 0 aliphatic rings. The van der Waals surface area contributed by atoms with Crippen molar-refractivity contribution in [1.29, 1.82) is 0 Å². The van der Waals surface area contributed by atoms with E-state index in [1.807, 2.05) is 0 Å². The molecule has 8 heteroatoms. The van der Waals surface area contributed by atoms with Crippen LogP contribution in [0.5, 0.6) is 5.75 Å². The highest BCUT2D eigenvalue weighted by molar-refractivity contribution is 5.64. The van der Waals surface area contributed by atoms with E-state index in [1.165, 1.54) is 12.1 Å². The Hall–Kier alpha value is -2.25. The van der Waals surface area contributed by atoms with E-state index in [2.05, 4.69) is 4.74 Å². The summed E-state index contributed by atoms with van der Waals surface area (Å²) >= 11 is 0. The number of rotatable bonds is 4. The Morgan fingerprint density at radius 2 is 1.32 bits per heavy atom. The van der Waals surface area contributed by atoms with Crippen LogP contribution >= 0.6 is 0 Å². The summed E-state index contributed by atoms with van der Waals surface area (Å²) in [6.07, 6.45) is -9.28. The Morgan fingerprint density at radius 3 is 1.77 bits per heavy atom. The van der Waals surface area contributed by atoms with E-state index >= 15 is 0 Å². The Morgan fingerprint density at radius 1 is 0.818 bits per heavy atom. The molecule has 0 aliphatic heterocycles. The summed E-state index contributed by atoms with van der Waals surface area (Å²) in [6, 6.07) is 5.71. The molecule has 118 valence electrons. The van der Waals surface area contributed by atoms with Gasteiger partial charge in [-0.05, 0) is 35.4 Å². The highest BCUT2D eigenvalue weighted by Crippen LogP contribution is 2.34. The molecule has 0 radical (unpaired) electrons. The topological polar surface area (TPSA) is 9.23 Å². The summed E-state index contributed by atoms with van der Waals surface area (Å²) in [5.41, 5.74) is 0.106. The van der Waals surface area contributed by atoms with Crippen molar-refractivity contribution in [3.05, 3.63) is 53.8 Å². The molecule has 0 spiro atoms. The van der Waals surface area contributed by atoms with Gasteiger partial charge in [0.15, 0.2) is 17.4 Å². The van der Waals surface area contributed by atoms with Crippen LogP contribution < -0.4 is 4.74 Å². The number of ether oxygens (including phenoxy) is 1. The molecule has 0 bridgehead atoms. The molecule has 0 atom stereocenters. The summed E-state index contributed by atoms with van der Waals surface area (Å²) in [5, 5.41) is 0. The SMILES string of the molecule is Fc1ccc(-c2cc(F)c(OC(F)(F)C(F)F)c(F)c2)cc1. The number of alkyl halides is 4. The van der Waals surface area contributed by atoms with Gasteiger partial charge in [0.25, 0.3) is 0 Å². The smallest absolute Gasteiger partial charge is 0.422 e. The minimum atomic E-state index is -5.03. The quantitative estimate of drug-likeness (QED) is 0.719. The molecule has 0 amide bonds. The minimum absolute atomic E-state index is 0.0947. The normalized spacial score (nSPS) is 11.8. The van der Waals surface area contributed by atoms with Crippen molar-refractivity contribution in [2.24, 2.45) is 0 Å². The Balaban J connectivity index is 2.39. The number of hydrogen-bond acceptors (Lipinski definition) is 1. The molecule has 22 heavy (non-hydrogen) atoms. The van der Waals surface area contributed by atoms with Crippen molar-refractivity contribution >= 4 is 0 Å². The van der Waals surface area contributed by atoms with Crippen molar-refractivity contribution in [1.82, 2.24) is 0 Å². The van der Waals surface area contributed by atoms with Crippen LogP contribution in [0.15, 0.2) is 36.4 Å². The summed E-state index contributed by atoms with van der Waals surface area (Å²) in [5.74, 6) is -5.36. The lowest BCUT2D eigenvalue weighted by molar-refractivity contribution is -0.255. The van der Waals surface area contributed by atoms with Crippen LogP contribution in [0, 0.1) is 17.5 Å². The Labute approximate surface area is 119 Å². The third-order valence-electron chi connectivity index (χ3n) is 2.67. The lowest BCUT2D eigenvalue weighted by Crippen LogP contribution is -2.34. The van der Waals surface area contributed by atoms with E-state index in [4.69, 9.17) is 0 Å². The van der Waals surface area contributed by atoms with Crippen LogP contribution in [-0.2, 0) is 0 Å². The van der Waals surface area contributed by atoms with Gasteiger partial charge in [0, 0.05) is 0 Å². The molecule has 0 aromatic heterocycles. The van der Waals surface area contributed by atoms with Gasteiger partial charge in [-0.2, -0.15) is 17.6 Å². The fraction of sp³-hybridized carbons (Fsp3) is 0.143. The van der Waals surface area contributed by atoms with Gasteiger partial charge < -0.3 is 4.74 Å². The van der Waals surface area contributed by atoms with E-state index in [-0.39, 0.29) is 11.1 Å². The van der Waals surface area contributed by atoms with Crippen molar-refractivity contribution in [2.75, 3.05) is 0 Å². The summed E-state index contributed by atoms with van der Waals surface area (Å²) in [4.78, 5) is 0. The summed E-state index contributed by atoms with van der Waals surface area (Å²) in [7, 11) is 0. The van der Waals surface area contributed by atoms with Crippen LogP contribution in [-0.4, -0.2) is 12.5 Å². The molecule has 0 aliphatic carbocycles. The lowest BCUT2D eigenvalue weighted by atomic mass is 10.1. The molecule has 0 fully saturated rings. The number of benzene rings is 2. The Bertz CT molecular complexity index is 644. The van der Waals surface area contributed by atoms with Gasteiger partial charge in [-0.15, -0.1) is 0 Å². The molecule has 0 N–H and O–H groups in total. The van der Waals surface area contributed by atoms with Crippen molar-refractivity contribution in [2.45, 2.75) is 12.5 Å². The van der Waals surface area contributed by atoms with Crippen molar-refractivity contribution in [3.63, 3.8) is 0 Å². The van der Waals surface area contributed by atoms with E-state index < -0.39 is 35.7 Å². The highest BCUT2D eigenvalue weighted by Gasteiger charge is 2.45. The van der Waals surface area contributed by atoms with Crippen LogP contribution in [0.2, 0.25) is 0 Å². The zero-order valence-corrected chi connectivity index (χ0v) is 10.6. The average Bonchev–Trinajstić information content (AvgIpc) is 2.43. The second-order valence-corrected chi connectivity index (χ2v) is 4.24. The summed E-state index contributed by atoms with van der Waals surface area (Å²) < 4.78 is 92.9. The van der Waals surface area contributed by atoms with Crippen molar-refractivity contribution in [3.8, 4) is 16.9 Å². The fourth-order valence-corrected chi connectivity index (χ4v) is 1.65. The molecule has 0 saturated heterocycles. The maximum absolute atomic E-state index is 13.7. The lowest BCUT2D eigenvalue weighted by Gasteiger charge is -2.18. The van der Waals surface area contributed by atoms with Gasteiger partial charge >= 0.3 is 12.5 Å². The highest BCUT2D eigenvalue weighted by atomic mass is 19.3. The van der Waals surface area contributed by atoms with Crippen LogP contribution in [0.1, 0.15) is 0 Å². The van der Waals surface area contributed by atoms with Crippen LogP contribution in [0.3, 0.4) is 0 Å². The molecule has 2 rings (SSSR count). The molecule has 0 heterocycles. The van der Waals surface area contributed by atoms with E-state index in [0.717, 1.165) is 12.1 Å². The Kier molecular flexibility index (Phi) is 4.30. The van der Waals surface area contributed by atoms with Gasteiger partial charge in [-0.3, -0.25) is 0 Å². The van der Waals surface area contributed by atoms with E-state index in [1.54, 1.807) is 0 Å². The molecule has 0 saturated carbocycles. The molecule has 1 nitrogen and oxygen atoms in total. The first kappa shape index (κ1) is 16.1. The van der Waals surface area contributed by atoms with Crippen LogP contribution in [0.4, 0.5) is 30.7 Å². The largest absolute Gasteiger partial charge is 0.461 e. The third-order valence-corrected chi connectivity index (χ3v) is 2.67. The van der Waals surface area contributed by atoms with E-state index in [9.17, 15) is 30.7 Å².